The SMILES string of the molecule is CNCCN(C)C(=O)Cc1cc(C)ccc1OC.Cl. The molecule has 1 aromatic carbocycles. The van der Waals surface area contributed by atoms with Crippen molar-refractivity contribution in [3.63, 3.8) is 0 Å². The van der Waals surface area contributed by atoms with Crippen molar-refractivity contribution in [1.29, 1.82) is 0 Å². The van der Waals surface area contributed by atoms with Crippen LogP contribution in [0.2, 0.25) is 0 Å². The predicted octanol–water partition coefficient (Wildman–Crippen LogP) is 1.65. The van der Waals surface area contributed by atoms with E-state index >= 15 is 0 Å². The van der Waals surface area contributed by atoms with Gasteiger partial charge in [-0.25, -0.2) is 0 Å². The van der Waals surface area contributed by atoms with Crippen LogP contribution in [-0.4, -0.2) is 45.1 Å². The summed E-state index contributed by atoms with van der Waals surface area (Å²) in [5.74, 6) is 0.880. The third-order valence-corrected chi connectivity index (χ3v) is 2.90. The number of ether oxygens (including phenoxy) is 1. The van der Waals surface area contributed by atoms with E-state index in [0.29, 0.717) is 13.0 Å². The van der Waals surface area contributed by atoms with Crippen LogP contribution in [-0.2, 0) is 11.2 Å². The maximum Gasteiger partial charge on any atom is 0.226 e. The Bertz CT molecular complexity index is 410. The maximum atomic E-state index is 12.0. The topological polar surface area (TPSA) is 41.6 Å². The van der Waals surface area contributed by atoms with Gasteiger partial charge in [0.1, 0.15) is 5.75 Å². The van der Waals surface area contributed by atoms with Crippen LogP contribution in [0.4, 0.5) is 0 Å². The molecule has 0 aliphatic carbocycles. The lowest BCUT2D eigenvalue weighted by atomic mass is 10.1. The van der Waals surface area contributed by atoms with Crippen LogP contribution in [0.3, 0.4) is 0 Å². The highest BCUT2D eigenvalue weighted by Crippen LogP contribution is 2.20. The lowest BCUT2D eigenvalue weighted by Gasteiger charge is -2.18. The molecule has 19 heavy (non-hydrogen) atoms. The van der Waals surface area contributed by atoms with Crippen LogP contribution >= 0.6 is 12.4 Å². The Morgan fingerprint density at radius 3 is 2.68 bits per heavy atom. The maximum absolute atomic E-state index is 12.0. The number of hydrogen-bond acceptors (Lipinski definition) is 3. The second-order valence-electron chi connectivity index (χ2n) is 4.41. The fourth-order valence-corrected chi connectivity index (χ4v) is 1.75. The first-order chi connectivity index (χ1) is 8.58. The Balaban J connectivity index is 0.00000324. The number of rotatable bonds is 6. The lowest BCUT2D eigenvalue weighted by molar-refractivity contribution is -0.129. The summed E-state index contributed by atoms with van der Waals surface area (Å²) in [6, 6.07) is 5.89. The Hall–Kier alpha value is -1.26. The van der Waals surface area contributed by atoms with E-state index in [1.54, 1.807) is 12.0 Å². The Morgan fingerprint density at radius 1 is 1.42 bits per heavy atom. The van der Waals surface area contributed by atoms with Crippen molar-refractivity contribution in [2.45, 2.75) is 13.3 Å². The van der Waals surface area contributed by atoms with E-state index in [4.69, 9.17) is 4.74 Å². The lowest BCUT2D eigenvalue weighted by Crippen LogP contribution is -2.33. The number of amides is 1. The number of methoxy groups -OCH3 is 1. The second-order valence-corrected chi connectivity index (χ2v) is 4.41. The zero-order valence-corrected chi connectivity index (χ0v) is 12.8. The third-order valence-electron chi connectivity index (χ3n) is 2.90. The smallest absolute Gasteiger partial charge is 0.226 e. The van der Waals surface area contributed by atoms with Crippen molar-refractivity contribution in [2.75, 3.05) is 34.3 Å². The van der Waals surface area contributed by atoms with Gasteiger partial charge in [0.15, 0.2) is 0 Å². The summed E-state index contributed by atoms with van der Waals surface area (Å²) in [4.78, 5) is 13.8. The van der Waals surface area contributed by atoms with Gasteiger partial charge in [-0.2, -0.15) is 0 Å². The molecule has 0 heterocycles. The zero-order valence-electron chi connectivity index (χ0n) is 12.0. The number of carbonyl (C=O) groups excluding carboxylic acids is 1. The molecule has 0 bridgehead atoms. The van der Waals surface area contributed by atoms with Crippen molar-refractivity contribution < 1.29 is 9.53 Å². The molecule has 0 saturated heterocycles. The fraction of sp³-hybridized carbons (Fsp3) is 0.500. The number of likely N-dealkylation sites (N-methyl/N-ethyl adjacent to an activating group) is 2. The minimum absolute atomic E-state index is 0. The standard InChI is InChI=1S/C14H22N2O2.ClH/c1-11-5-6-13(18-4)12(9-11)10-14(17)16(3)8-7-15-2;/h5-6,9,15H,7-8,10H2,1-4H3;1H. The van der Waals surface area contributed by atoms with Crippen molar-refractivity contribution >= 4 is 18.3 Å². The normalized spacial score (nSPS) is 9.68. The van der Waals surface area contributed by atoms with Gasteiger partial charge in [0.2, 0.25) is 5.91 Å². The summed E-state index contributed by atoms with van der Waals surface area (Å²) in [6.07, 6.45) is 0.380. The molecule has 1 N–H and O–H groups in total. The minimum atomic E-state index is 0. The average molecular weight is 287 g/mol. The number of aryl methyl sites for hydroxylation is 1. The van der Waals surface area contributed by atoms with Crippen LogP contribution in [0.1, 0.15) is 11.1 Å². The van der Waals surface area contributed by atoms with E-state index in [2.05, 4.69) is 5.32 Å². The van der Waals surface area contributed by atoms with Gasteiger partial charge >= 0.3 is 0 Å². The largest absolute Gasteiger partial charge is 0.496 e. The highest BCUT2D eigenvalue weighted by atomic mass is 35.5. The van der Waals surface area contributed by atoms with Crippen LogP contribution < -0.4 is 10.1 Å². The Labute approximate surface area is 121 Å². The zero-order chi connectivity index (χ0) is 13.5. The molecule has 1 rings (SSSR count). The van der Waals surface area contributed by atoms with Crippen molar-refractivity contribution in [3.05, 3.63) is 29.3 Å². The van der Waals surface area contributed by atoms with E-state index in [0.717, 1.165) is 23.4 Å². The van der Waals surface area contributed by atoms with Crippen LogP contribution in [0.15, 0.2) is 18.2 Å². The average Bonchev–Trinajstić information content (AvgIpc) is 2.36. The third kappa shape index (κ3) is 5.49. The molecule has 0 spiro atoms. The first-order valence-corrected chi connectivity index (χ1v) is 6.10. The van der Waals surface area contributed by atoms with E-state index in [-0.39, 0.29) is 18.3 Å². The van der Waals surface area contributed by atoms with E-state index < -0.39 is 0 Å². The van der Waals surface area contributed by atoms with Gasteiger partial charge in [0.25, 0.3) is 0 Å². The van der Waals surface area contributed by atoms with Gasteiger partial charge in [-0.1, -0.05) is 17.7 Å². The van der Waals surface area contributed by atoms with Gasteiger partial charge in [0, 0.05) is 25.7 Å². The number of nitrogens with one attached hydrogen (secondary N) is 1. The Kier molecular flexibility index (Phi) is 8.19. The monoisotopic (exact) mass is 286 g/mol. The van der Waals surface area contributed by atoms with Crippen molar-refractivity contribution in [2.24, 2.45) is 0 Å². The molecule has 4 nitrogen and oxygen atoms in total. The van der Waals surface area contributed by atoms with Gasteiger partial charge < -0.3 is 15.0 Å². The molecule has 1 amide bonds. The summed E-state index contributed by atoms with van der Waals surface area (Å²) in [5, 5.41) is 3.03. The molecule has 0 saturated carbocycles. The molecule has 0 fully saturated rings. The van der Waals surface area contributed by atoms with Crippen molar-refractivity contribution in [3.8, 4) is 5.75 Å². The first kappa shape index (κ1) is 17.7. The summed E-state index contributed by atoms with van der Waals surface area (Å²) in [6.45, 7) is 3.52. The molecule has 1 aromatic rings. The minimum Gasteiger partial charge on any atom is -0.496 e. The van der Waals surface area contributed by atoms with Crippen LogP contribution in [0.5, 0.6) is 5.75 Å². The van der Waals surface area contributed by atoms with E-state index in [9.17, 15) is 4.79 Å². The predicted molar refractivity (Wildman–Crippen MR) is 80.2 cm³/mol. The molecular formula is C14H23ClN2O2. The highest BCUT2D eigenvalue weighted by molar-refractivity contribution is 5.85. The van der Waals surface area contributed by atoms with Gasteiger partial charge in [-0.3, -0.25) is 4.79 Å². The van der Waals surface area contributed by atoms with Gasteiger partial charge in [0.05, 0.1) is 13.5 Å². The quantitative estimate of drug-likeness (QED) is 0.864. The van der Waals surface area contributed by atoms with Gasteiger partial charge in [-0.15, -0.1) is 12.4 Å². The highest BCUT2D eigenvalue weighted by Gasteiger charge is 2.12. The Morgan fingerprint density at radius 2 is 2.11 bits per heavy atom. The molecule has 0 atom stereocenters. The summed E-state index contributed by atoms with van der Waals surface area (Å²) in [7, 11) is 5.33. The molecule has 0 unspecified atom stereocenters. The molecule has 5 heteroatoms. The number of halogens is 1. The first-order valence-electron chi connectivity index (χ1n) is 6.10. The molecular weight excluding hydrogens is 264 g/mol. The summed E-state index contributed by atoms with van der Waals surface area (Å²) in [5.41, 5.74) is 2.08. The van der Waals surface area contributed by atoms with E-state index in [1.807, 2.05) is 39.2 Å². The molecule has 0 radical (unpaired) electrons. The fourth-order valence-electron chi connectivity index (χ4n) is 1.75. The number of carbonyl (C=O) groups is 1. The molecule has 0 aliphatic heterocycles. The van der Waals surface area contributed by atoms with Crippen LogP contribution in [0.25, 0.3) is 0 Å². The molecule has 108 valence electrons. The summed E-state index contributed by atoms with van der Waals surface area (Å²) < 4.78 is 5.28. The van der Waals surface area contributed by atoms with Crippen molar-refractivity contribution in [1.82, 2.24) is 10.2 Å². The number of benzene rings is 1. The summed E-state index contributed by atoms with van der Waals surface area (Å²) >= 11 is 0. The number of hydrogen-bond donors (Lipinski definition) is 1. The second kappa shape index (κ2) is 8.77. The van der Waals surface area contributed by atoms with Crippen LogP contribution in [0, 0.1) is 6.92 Å². The molecule has 0 aliphatic rings. The number of nitrogens with zero attached hydrogens (tertiary/aromatic N) is 1. The molecule has 0 aromatic heterocycles. The van der Waals surface area contributed by atoms with Gasteiger partial charge in [-0.05, 0) is 20.0 Å². The van der Waals surface area contributed by atoms with E-state index in [1.165, 1.54) is 0 Å².